The third-order valence-corrected chi connectivity index (χ3v) is 4.21. The Morgan fingerprint density at radius 2 is 2.17 bits per heavy atom. The van der Waals surface area contributed by atoms with Gasteiger partial charge >= 0.3 is 0 Å². The van der Waals surface area contributed by atoms with Crippen LogP contribution >= 0.6 is 11.3 Å². The molecule has 2 aromatic heterocycles. The van der Waals surface area contributed by atoms with Gasteiger partial charge in [0.15, 0.2) is 0 Å². The summed E-state index contributed by atoms with van der Waals surface area (Å²) in [7, 11) is 0. The van der Waals surface area contributed by atoms with Gasteiger partial charge in [0.2, 0.25) is 0 Å². The second-order valence-electron chi connectivity index (χ2n) is 5.05. The molecule has 0 aliphatic carbocycles. The van der Waals surface area contributed by atoms with E-state index in [1.807, 2.05) is 12.1 Å². The van der Waals surface area contributed by atoms with E-state index in [-0.39, 0.29) is 11.7 Å². The van der Waals surface area contributed by atoms with Crippen LogP contribution in [0.1, 0.15) is 16.8 Å². The van der Waals surface area contributed by atoms with Gasteiger partial charge in [-0.3, -0.25) is 10.2 Å². The van der Waals surface area contributed by atoms with Crippen LogP contribution in [0.3, 0.4) is 0 Å². The first-order chi connectivity index (χ1) is 11.0. The highest BCUT2D eigenvalue weighted by Crippen LogP contribution is 2.29. The van der Waals surface area contributed by atoms with Crippen molar-refractivity contribution in [2.24, 2.45) is 5.73 Å². The van der Waals surface area contributed by atoms with Crippen LogP contribution in [0.15, 0.2) is 30.3 Å². The van der Waals surface area contributed by atoms with Gasteiger partial charge in [-0.25, -0.2) is 4.98 Å². The van der Waals surface area contributed by atoms with Crippen molar-refractivity contribution in [3.05, 3.63) is 35.9 Å². The lowest BCUT2D eigenvalue weighted by atomic mass is 10.2. The molecular weight excluding hydrogens is 312 g/mol. The average molecular weight is 328 g/mol. The third-order valence-electron chi connectivity index (χ3n) is 3.28. The molecule has 0 atom stereocenters. The average Bonchev–Trinajstić information content (AvgIpc) is 3.11. The number of anilines is 1. The number of rotatable bonds is 5. The van der Waals surface area contributed by atoms with Gasteiger partial charge in [-0.15, -0.1) is 11.3 Å². The maximum Gasteiger partial charge on any atom is 0.251 e. The number of hydrogen-bond acceptors (Lipinski definition) is 5. The number of imidazole rings is 1. The number of carbonyl (C=O) groups excluding carboxylic acids is 1. The normalized spacial score (nSPS) is 10.8. The molecule has 7 nitrogen and oxygen atoms in total. The molecule has 0 unspecified atom stereocenters. The number of amidine groups is 1. The fourth-order valence-corrected chi connectivity index (χ4v) is 2.88. The van der Waals surface area contributed by atoms with E-state index in [0.29, 0.717) is 18.5 Å². The first kappa shape index (κ1) is 15.0. The molecule has 0 bridgehead atoms. The summed E-state index contributed by atoms with van der Waals surface area (Å²) in [6, 6.07) is 9.02. The molecule has 0 saturated heterocycles. The number of benzene rings is 1. The van der Waals surface area contributed by atoms with E-state index in [0.717, 1.165) is 26.7 Å². The number of thiophene rings is 1. The summed E-state index contributed by atoms with van der Waals surface area (Å²) in [6.45, 7) is 0.342. The second-order valence-corrected chi connectivity index (χ2v) is 6.17. The van der Waals surface area contributed by atoms with E-state index in [1.165, 1.54) is 11.3 Å². The van der Waals surface area contributed by atoms with Crippen molar-refractivity contribution < 1.29 is 4.79 Å². The van der Waals surface area contributed by atoms with Crippen molar-refractivity contribution in [2.45, 2.75) is 6.42 Å². The van der Waals surface area contributed by atoms with E-state index in [1.54, 1.807) is 18.2 Å². The van der Waals surface area contributed by atoms with Gasteiger partial charge < -0.3 is 21.8 Å². The summed E-state index contributed by atoms with van der Waals surface area (Å²) >= 11 is 1.45. The quantitative estimate of drug-likeness (QED) is 0.361. The minimum absolute atomic E-state index is 0.0502. The molecule has 0 spiro atoms. The zero-order chi connectivity index (χ0) is 16.4. The lowest BCUT2D eigenvalue weighted by Gasteiger charge is -2.04. The minimum atomic E-state index is -0.204. The van der Waals surface area contributed by atoms with Gasteiger partial charge in [0, 0.05) is 18.5 Å². The highest BCUT2D eigenvalue weighted by molar-refractivity contribution is 7.19. The number of amides is 1. The van der Waals surface area contributed by atoms with Gasteiger partial charge in [0.1, 0.15) is 5.82 Å². The molecule has 8 heteroatoms. The summed E-state index contributed by atoms with van der Waals surface area (Å²) in [6.07, 6.45) is 0.335. The third kappa shape index (κ3) is 3.32. The van der Waals surface area contributed by atoms with E-state index in [9.17, 15) is 4.79 Å². The van der Waals surface area contributed by atoms with Crippen molar-refractivity contribution in [3.63, 3.8) is 0 Å². The molecule has 23 heavy (non-hydrogen) atoms. The van der Waals surface area contributed by atoms with Crippen LogP contribution in [0.2, 0.25) is 0 Å². The fourth-order valence-electron chi connectivity index (χ4n) is 2.16. The smallest absolute Gasteiger partial charge is 0.251 e. The highest BCUT2D eigenvalue weighted by Gasteiger charge is 2.11. The number of nitrogens with one attached hydrogen (secondary N) is 3. The van der Waals surface area contributed by atoms with E-state index in [4.69, 9.17) is 16.9 Å². The largest absolute Gasteiger partial charge is 0.391 e. The molecule has 0 aliphatic heterocycles. The van der Waals surface area contributed by atoms with Crippen molar-refractivity contribution >= 4 is 39.1 Å². The van der Waals surface area contributed by atoms with Crippen LogP contribution in [-0.2, 0) is 0 Å². The molecule has 118 valence electrons. The predicted molar refractivity (Wildman–Crippen MR) is 92.7 cm³/mol. The second kappa shape index (κ2) is 6.09. The first-order valence-electron chi connectivity index (χ1n) is 6.99. The molecule has 0 saturated carbocycles. The fraction of sp³-hybridized carbons (Fsp3) is 0.133. The zero-order valence-electron chi connectivity index (χ0n) is 12.2. The monoisotopic (exact) mass is 328 g/mol. The van der Waals surface area contributed by atoms with Gasteiger partial charge in [0.25, 0.3) is 5.91 Å². The molecular formula is C15H16N6OS. The summed E-state index contributed by atoms with van der Waals surface area (Å²) in [4.78, 5) is 20.7. The lowest BCUT2D eigenvalue weighted by molar-refractivity contribution is 0.0955. The standard InChI is InChI=1S/C15H16N6OS/c16-12(17)5-6-19-15(22)8-1-2-9-10(7-8)21-14(20-9)11-3-4-13(18)23-11/h1-4,7H,5-6,18H2,(H3,16,17)(H,19,22)(H,20,21). The van der Waals surface area contributed by atoms with Crippen LogP contribution in [0.5, 0.6) is 0 Å². The Labute approximate surface area is 136 Å². The van der Waals surface area contributed by atoms with Gasteiger partial charge in [0.05, 0.1) is 26.7 Å². The molecule has 7 N–H and O–H groups in total. The van der Waals surface area contributed by atoms with Crippen molar-refractivity contribution in [1.82, 2.24) is 15.3 Å². The number of hydrogen-bond donors (Lipinski definition) is 5. The number of aromatic nitrogens is 2. The number of aromatic amines is 1. The van der Waals surface area contributed by atoms with Crippen LogP contribution in [0.4, 0.5) is 5.00 Å². The molecule has 1 aromatic carbocycles. The van der Waals surface area contributed by atoms with Gasteiger partial charge in [-0.2, -0.15) is 0 Å². The van der Waals surface area contributed by atoms with Crippen molar-refractivity contribution in [2.75, 3.05) is 12.3 Å². The Bertz CT molecular complexity index is 881. The Morgan fingerprint density at radius 3 is 2.87 bits per heavy atom. The minimum Gasteiger partial charge on any atom is -0.391 e. The van der Waals surface area contributed by atoms with E-state index in [2.05, 4.69) is 15.3 Å². The first-order valence-corrected chi connectivity index (χ1v) is 7.81. The van der Waals surface area contributed by atoms with Gasteiger partial charge in [-0.1, -0.05) is 0 Å². The van der Waals surface area contributed by atoms with Crippen LogP contribution < -0.4 is 16.8 Å². The van der Waals surface area contributed by atoms with Crippen molar-refractivity contribution in [3.8, 4) is 10.7 Å². The van der Waals surface area contributed by atoms with Crippen molar-refractivity contribution in [1.29, 1.82) is 5.41 Å². The molecule has 0 aliphatic rings. The summed E-state index contributed by atoms with van der Waals surface area (Å²) in [5.74, 6) is 0.578. The van der Waals surface area contributed by atoms with Crippen LogP contribution in [0.25, 0.3) is 21.7 Å². The summed E-state index contributed by atoms with van der Waals surface area (Å²) in [5, 5.41) is 10.6. The Balaban J connectivity index is 1.81. The molecule has 0 radical (unpaired) electrons. The Hall–Kier alpha value is -2.87. The van der Waals surface area contributed by atoms with Gasteiger partial charge in [-0.05, 0) is 30.3 Å². The Morgan fingerprint density at radius 1 is 1.35 bits per heavy atom. The summed E-state index contributed by atoms with van der Waals surface area (Å²) < 4.78 is 0. The number of nitrogens with two attached hydrogens (primary N) is 2. The topological polar surface area (TPSA) is 134 Å². The number of carbonyl (C=O) groups is 1. The molecule has 0 fully saturated rings. The zero-order valence-corrected chi connectivity index (χ0v) is 13.0. The maximum absolute atomic E-state index is 12.1. The maximum atomic E-state index is 12.1. The number of nitrogens with zero attached hydrogens (tertiary/aromatic N) is 1. The van der Waals surface area contributed by atoms with E-state index < -0.39 is 0 Å². The van der Waals surface area contributed by atoms with Crippen LogP contribution in [0, 0.1) is 5.41 Å². The Kier molecular flexibility index (Phi) is 3.98. The predicted octanol–water partition coefficient (Wildman–Crippen LogP) is 1.93. The molecule has 2 heterocycles. The van der Waals surface area contributed by atoms with Crippen LogP contribution in [-0.4, -0.2) is 28.3 Å². The number of fused-ring (bicyclic) bond motifs is 1. The lowest BCUT2D eigenvalue weighted by Crippen LogP contribution is -2.27. The highest BCUT2D eigenvalue weighted by atomic mass is 32.1. The SMILES string of the molecule is N=C(N)CCNC(=O)c1ccc2nc(-c3ccc(N)s3)[nH]c2c1. The molecule has 3 aromatic rings. The van der Waals surface area contributed by atoms with E-state index >= 15 is 0 Å². The number of H-pyrrole nitrogens is 1. The molecule has 1 amide bonds. The number of nitrogen functional groups attached to an aromatic ring is 1. The summed E-state index contributed by atoms with van der Waals surface area (Å²) in [5.41, 5.74) is 13.1. The molecule has 3 rings (SSSR count).